The maximum Gasteiger partial charge on any atom is 0.0630 e. The number of anilines is 1. The molecule has 136 valence electrons. The van der Waals surface area contributed by atoms with E-state index in [4.69, 9.17) is 23.2 Å². The maximum absolute atomic E-state index is 13.0. The predicted molar refractivity (Wildman–Crippen MR) is 109 cm³/mol. The number of benzene rings is 2. The minimum absolute atomic E-state index is 0.457. The minimum atomic E-state index is -0.963. The maximum atomic E-state index is 13.0. The van der Waals surface area contributed by atoms with Gasteiger partial charge in [0.1, 0.15) is 0 Å². The number of piperidine rings is 1. The average molecular weight is 407 g/mol. The number of nitrogens with one attached hydrogen (secondary N) is 1. The van der Waals surface area contributed by atoms with Crippen molar-refractivity contribution in [2.24, 2.45) is 0 Å². The molecular formula is C20H20Cl2N2OS. The van der Waals surface area contributed by atoms with Crippen LogP contribution < -0.4 is 10.2 Å². The highest BCUT2D eigenvalue weighted by Crippen LogP contribution is 2.49. The third-order valence-electron chi connectivity index (χ3n) is 5.85. The van der Waals surface area contributed by atoms with Crippen molar-refractivity contribution in [3.8, 4) is 11.1 Å². The number of halogens is 2. The van der Waals surface area contributed by atoms with Crippen LogP contribution in [-0.2, 0) is 10.8 Å². The lowest BCUT2D eigenvalue weighted by Crippen LogP contribution is -2.44. The molecule has 0 aliphatic carbocycles. The Morgan fingerprint density at radius 1 is 1.19 bits per heavy atom. The van der Waals surface area contributed by atoms with E-state index in [2.05, 4.69) is 22.3 Å². The van der Waals surface area contributed by atoms with Gasteiger partial charge in [0.05, 0.1) is 21.4 Å². The number of rotatable bonds is 1. The summed E-state index contributed by atoms with van der Waals surface area (Å²) >= 11 is 12.5. The fourth-order valence-electron chi connectivity index (χ4n) is 4.73. The zero-order valence-corrected chi connectivity index (χ0v) is 16.6. The quantitative estimate of drug-likeness (QED) is 0.759. The molecule has 3 heterocycles. The van der Waals surface area contributed by atoms with Gasteiger partial charge < -0.3 is 10.2 Å². The molecule has 2 aromatic rings. The van der Waals surface area contributed by atoms with E-state index in [1.165, 1.54) is 11.3 Å². The first-order chi connectivity index (χ1) is 12.6. The summed E-state index contributed by atoms with van der Waals surface area (Å²) in [6, 6.07) is 10.5. The second kappa shape index (κ2) is 6.52. The van der Waals surface area contributed by atoms with Crippen molar-refractivity contribution < 1.29 is 4.21 Å². The molecule has 2 aromatic carbocycles. The Balaban J connectivity index is 1.73. The number of fused-ring (bicyclic) bond motifs is 3. The summed E-state index contributed by atoms with van der Waals surface area (Å²) in [5.74, 6) is 1.19. The fourth-order valence-corrected chi connectivity index (χ4v) is 6.56. The molecule has 6 heteroatoms. The second-order valence-electron chi connectivity index (χ2n) is 7.30. The van der Waals surface area contributed by atoms with Crippen LogP contribution in [0.2, 0.25) is 10.0 Å². The van der Waals surface area contributed by atoms with Crippen LogP contribution in [0.3, 0.4) is 0 Å². The molecule has 0 saturated carbocycles. The molecule has 5 rings (SSSR count). The Morgan fingerprint density at radius 3 is 2.92 bits per heavy atom. The lowest BCUT2D eigenvalue weighted by Gasteiger charge is -2.33. The van der Waals surface area contributed by atoms with Crippen LogP contribution in [0.5, 0.6) is 0 Å². The highest BCUT2D eigenvalue weighted by atomic mass is 35.5. The standard InChI is InChI=1S/C20H20Cl2N2OS/c21-13-2-3-14(17(22)10-13)12-8-15-16-11-23-5-4-18(16)24-6-1-7-26(25)19(9-12)20(15)24/h2-3,8-10,16,18,23H,1,4-7,11H2/t16-,18-,26?/m0/s1. The predicted octanol–water partition coefficient (Wildman–Crippen LogP) is 4.44. The van der Waals surface area contributed by atoms with E-state index >= 15 is 0 Å². The van der Waals surface area contributed by atoms with Gasteiger partial charge in [0.2, 0.25) is 0 Å². The zero-order chi connectivity index (χ0) is 17.8. The highest BCUT2D eigenvalue weighted by molar-refractivity contribution is 7.85. The van der Waals surface area contributed by atoms with Gasteiger partial charge in [-0.3, -0.25) is 4.21 Å². The van der Waals surface area contributed by atoms with Gasteiger partial charge >= 0.3 is 0 Å². The summed E-state index contributed by atoms with van der Waals surface area (Å²) in [5, 5.41) is 4.81. The number of hydrogen-bond donors (Lipinski definition) is 1. The van der Waals surface area contributed by atoms with Crippen LogP contribution in [0.4, 0.5) is 5.69 Å². The first kappa shape index (κ1) is 17.1. The van der Waals surface area contributed by atoms with E-state index in [1.54, 1.807) is 6.07 Å². The third kappa shape index (κ3) is 2.62. The number of hydrogen-bond acceptors (Lipinski definition) is 3. The summed E-state index contributed by atoms with van der Waals surface area (Å²) in [5.41, 5.74) is 4.56. The molecule has 1 N–H and O–H groups in total. The largest absolute Gasteiger partial charge is 0.367 e. The van der Waals surface area contributed by atoms with Gasteiger partial charge in [0.15, 0.2) is 0 Å². The van der Waals surface area contributed by atoms with Crippen LogP contribution in [0.15, 0.2) is 35.2 Å². The fraction of sp³-hybridized carbons (Fsp3) is 0.400. The Bertz CT molecular complexity index is 917. The Hall–Kier alpha value is -1.07. The van der Waals surface area contributed by atoms with E-state index in [0.717, 1.165) is 54.3 Å². The SMILES string of the molecule is O=S1CCCN2c3c(cc(-c4ccc(Cl)cc4Cl)cc31)[C@@H]1CNCC[C@@H]12. The minimum Gasteiger partial charge on any atom is -0.367 e. The van der Waals surface area contributed by atoms with Crippen LogP contribution in [-0.4, -0.2) is 35.6 Å². The van der Waals surface area contributed by atoms with Crippen molar-refractivity contribution in [2.75, 3.05) is 30.3 Å². The zero-order valence-electron chi connectivity index (χ0n) is 14.3. The molecule has 3 nitrogen and oxygen atoms in total. The molecule has 0 aromatic heterocycles. The molecule has 0 spiro atoms. The second-order valence-corrected chi connectivity index (χ2v) is 9.68. The van der Waals surface area contributed by atoms with E-state index in [0.29, 0.717) is 22.0 Å². The van der Waals surface area contributed by atoms with Gasteiger partial charge in [0.25, 0.3) is 0 Å². The first-order valence-electron chi connectivity index (χ1n) is 9.12. The molecule has 1 fully saturated rings. The molecule has 3 aliphatic rings. The van der Waals surface area contributed by atoms with Crippen molar-refractivity contribution >= 4 is 39.7 Å². The lowest BCUT2D eigenvalue weighted by molar-refractivity contribution is 0.403. The van der Waals surface area contributed by atoms with Crippen molar-refractivity contribution in [2.45, 2.75) is 29.7 Å². The topological polar surface area (TPSA) is 32.3 Å². The van der Waals surface area contributed by atoms with Gasteiger partial charge in [-0.2, -0.15) is 0 Å². The van der Waals surface area contributed by atoms with E-state index in [-0.39, 0.29) is 0 Å². The summed E-state index contributed by atoms with van der Waals surface area (Å²) in [4.78, 5) is 3.52. The summed E-state index contributed by atoms with van der Waals surface area (Å²) < 4.78 is 13.0. The Kier molecular flexibility index (Phi) is 4.28. The molecule has 3 aliphatic heterocycles. The first-order valence-corrected chi connectivity index (χ1v) is 11.2. The van der Waals surface area contributed by atoms with Crippen molar-refractivity contribution in [3.63, 3.8) is 0 Å². The number of nitrogens with zero attached hydrogens (tertiary/aromatic N) is 1. The van der Waals surface area contributed by atoms with Crippen LogP contribution in [0.25, 0.3) is 11.1 Å². The van der Waals surface area contributed by atoms with Crippen LogP contribution >= 0.6 is 23.2 Å². The normalized spacial score (nSPS) is 27.0. The molecule has 26 heavy (non-hydrogen) atoms. The molecular weight excluding hydrogens is 387 g/mol. The van der Waals surface area contributed by atoms with Crippen LogP contribution in [0, 0.1) is 0 Å². The summed E-state index contributed by atoms with van der Waals surface area (Å²) in [6.07, 6.45) is 2.12. The van der Waals surface area contributed by atoms with Gasteiger partial charge in [0, 0.05) is 46.4 Å². The summed E-state index contributed by atoms with van der Waals surface area (Å²) in [6.45, 7) is 3.05. The highest BCUT2D eigenvalue weighted by Gasteiger charge is 2.42. The molecule has 3 atom stereocenters. The average Bonchev–Trinajstić information content (AvgIpc) is 2.84. The van der Waals surface area contributed by atoms with E-state index in [1.807, 2.05) is 12.1 Å². The molecule has 0 radical (unpaired) electrons. The molecule has 1 saturated heterocycles. The monoisotopic (exact) mass is 406 g/mol. The Morgan fingerprint density at radius 2 is 2.08 bits per heavy atom. The third-order valence-corrected chi connectivity index (χ3v) is 7.86. The molecule has 1 unspecified atom stereocenters. The van der Waals surface area contributed by atoms with E-state index in [9.17, 15) is 4.21 Å². The van der Waals surface area contributed by atoms with Gasteiger partial charge in [-0.05, 0) is 54.8 Å². The van der Waals surface area contributed by atoms with Gasteiger partial charge in [-0.25, -0.2) is 0 Å². The van der Waals surface area contributed by atoms with Crippen molar-refractivity contribution in [3.05, 3.63) is 45.9 Å². The Labute approximate surface area is 166 Å². The van der Waals surface area contributed by atoms with Gasteiger partial charge in [-0.1, -0.05) is 29.3 Å². The lowest BCUT2D eigenvalue weighted by atomic mass is 9.88. The van der Waals surface area contributed by atoms with Crippen molar-refractivity contribution in [1.29, 1.82) is 0 Å². The van der Waals surface area contributed by atoms with Gasteiger partial charge in [-0.15, -0.1) is 0 Å². The van der Waals surface area contributed by atoms with Crippen LogP contribution in [0.1, 0.15) is 24.3 Å². The summed E-state index contributed by atoms with van der Waals surface area (Å²) in [7, 11) is -0.963. The molecule has 0 amide bonds. The van der Waals surface area contributed by atoms with Crippen molar-refractivity contribution in [1.82, 2.24) is 5.32 Å². The smallest absolute Gasteiger partial charge is 0.0630 e. The molecule has 0 bridgehead atoms. The van der Waals surface area contributed by atoms with E-state index < -0.39 is 10.8 Å².